The van der Waals surface area contributed by atoms with Crippen molar-refractivity contribution in [3.63, 3.8) is 0 Å². The summed E-state index contributed by atoms with van der Waals surface area (Å²) in [5.41, 5.74) is 1.19. The lowest BCUT2D eigenvalue weighted by Crippen LogP contribution is -2.51. The van der Waals surface area contributed by atoms with Gasteiger partial charge in [-0.05, 0) is 44.4 Å². The van der Waals surface area contributed by atoms with Crippen LogP contribution in [0.4, 0.5) is 0 Å². The molecule has 0 aromatic heterocycles. The fourth-order valence-corrected chi connectivity index (χ4v) is 2.95. The smallest absolute Gasteiger partial charge is 0.220 e. The van der Waals surface area contributed by atoms with Gasteiger partial charge in [0.05, 0.1) is 0 Å². The van der Waals surface area contributed by atoms with Gasteiger partial charge in [0.25, 0.3) is 0 Å². The standard InChI is InChI=1S/C15H21BrN2O/c1-11-14(7-4-10-17-11)18-15(19)9-8-12-5-2-3-6-13(12)16/h2-3,5-6,11,14,17H,4,7-10H2,1H3,(H,18,19). The van der Waals surface area contributed by atoms with E-state index in [1.165, 1.54) is 5.56 Å². The third-order valence-electron chi connectivity index (χ3n) is 3.69. The predicted octanol–water partition coefficient (Wildman–Crippen LogP) is 2.64. The Labute approximate surface area is 123 Å². The van der Waals surface area contributed by atoms with Gasteiger partial charge >= 0.3 is 0 Å². The highest BCUT2D eigenvalue weighted by atomic mass is 79.9. The van der Waals surface area contributed by atoms with Crippen LogP contribution in [0.25, 0.3) is 0 Å². The number of hydrogen-bond acceptors (Lipinski definition) is 2. The summed E-state index contributed by atoms with van der Waals surface area (Å²) >= 11 is 3.51. The number of nitrogens with one attached hydrogen (secondary N) is 2. The van der Waals surface area contributed by atoms with E-state index in [-0.39, 0.29) is 11.9 Å². The van der Waals surface area contributed by atoms with Gasteiger partial charge in [-0.1, -0.05) is 34.1 Å². The van der Waals surface area contributed by atoms with Gasteiger partial charge in [0, 0.05) is 23.0 Å². The summed E-state index contributed by atoms with van der Waals surface area (Å²) in [7, 11) is 0. The average Bonchev–Trinajstić information content (AvgIpc) is 2.40. The Kier molecular flexibility index (Phi) is 5.40. The van der Waals surface area contributed by atoms with Crippen LogP contribution < -0.4 is 10.6 Å². The first-order valence-electron chi connectivity index (χ1n) is 6.93. The minimum atomic E-state index is 0.149. The van der Waals surface area contributed by atoms with E-state index < -0.39 is 0 Å². The molecule has 2 rings (SSSR count). The molecule has 2 atom stereocenters. The second-order valence-electron chi connectivity index (χ2n) is 5.15. The monoisotopic (exact) mass is 324 g/mol. The lowest BCUT2D eigenvalue weighted by molar-refractivity contribution is -0.122. The Bertz CT molecular complexity index is 436. The molecule has 3 nitrogen and oxygen atoms in total. The van der Waals surface area contributed by atoms with E-state index in [9.17, 15) is 4.79 Å². The molecule has 0 radical (unpaired) electrons. The first-order chi connectivity index (χ1) is 9.16. The molecular formula is C15H21BrN2O. The van der Waals surface area contributed by atoms with Crippen molar-refractivity contribution in [1.29, 1.82) is 0 Å². The van der Waals surface area contributed by atoms with Crippen LogP contribution in [0, 0.1) is 0 Å². The van der Waals surface area contributed by atoms with Gasteiger partial charge in [0.15, 0.2) is 0 Å². The summed E-state index contributed by atoms with van der Waals surface area (Å²) < 4.78 is 1.08. The SMILES string of the molecule is CC1NCCCC1NC(=O)CCc1ccccc1Br. The molecule has 1 fully saturated rings. The van der Waals surface area contributed by atoms with E-state index in [0.29, 0.717) is 12.5 Å². The van der Waals surface area contributed by atoms with Gasteiger partial charge in [0.1, 0.15) is 0 Å². The first-order valence-corrected chi connectivity index (χ1v) is 7.72. The fraction of sp³-hybridized carbons (Fsp3) is 0.533. The Morgan fingerprint density at radius 2 is 2.26 bits per heavy atom. The normalized spacial score (nSPS) is 23.1. The summed E-state index contributed by atoms with van der Waals surface area (Å²) in [6.07, 6.45) is 3.54. The number of carbonyl (C=O) groups is 1. The number of rotatable bonds is 4. The summed E-state index contributed by atoms with van der Waals surface area (Å²) in [6.45, 7) is 3.20. The van der Waals surface area contributed by atoms with Crippen molar-refractivity contribution in [2.24, 2.45) is 0 Å². The Hall–Kier alpha value is -0.870. The molecule has 2 unspecified atom stereocenters. The maximum Gasteiger partial charge on any atom is 0.220 e. The van der Waals surface area contributed by atoms with Gasteiger partial charge in [0.2, 0.25) is 5.91 Å². The zero-order valence-corrected chi connectivity index (χ0v) is 12.9. The van der Waals surface area contributed by atoms with E-state index in [1.54, 1.807) is 0 Å². The number of amides is 1. The van der Waals surface area contributed by atoms with Crippen LogP contribution in [0.15, 0.2) is 28.7 Å². The molecule has 2 N–H and O–H groups in total. The molecule has 1 aliphatic heterocycles. The highest BCUT2D eigenvalue weighted by Gasteiger charge is 2.22. The summed E-state index contributed by atoms with van der Waals surface area (Å²) in [5.74, 6) is 0.149. The molecule has 4 heteroatoms. The van der Waals surface area contributed by atoms with Gasteiger partial charge in [-0.3, -0.25) is 4.79 Å². The number of aryl methyl sites for hydroxylation is 1. The number of halogens is 1. The van der Waals surface area contributed by atoms with Crippen LogP contribution in [0.5, 0.6) is 0 Å². The molecule has 0 saturated carbocycles. The number of hydrogen-bond donors (Lipinski definition) is 2. The third-order valence-corrected chi connectivity index (χ3v) is 4.46. The van der Waals surface area contributed by atoms with E-state index in [0.717, 1.165) is 30.3 Å². The number of carbonyl (C=O) groups excluding carboxylic acids is 1. The summed E-state index contributed by atoms with van der Waals surface area (Å²) in [5, 5.41) is 6.54. The number of piperidine rings is 1. The van der Waals surface area contributed by atoms with Crippen molar-refractivity contribution in [3.05, 3.63) is 34.3 Å². The Morgan fingerprint density at radius 1 is 1.47 bits per heavy atom. The molecular weight excluding hydrogens is 304 g/mol. The summed E-state index contributed by atoms with van der Waals surface area (Å²) in [4.78, 5) is 12.0. The molecule has 0 bridgehead atoms. The molecule has 1 aromatic rings. The Balaban J connectivity index is 1.80. The van der Waals surface area contributed by atoms with Crippen LogP contribution in [0.2, 0.25) is 0 Å². The van der Waals surface area contributed by atoms with E-state index in [1.807, 2.05) is 18.2 Å². The molecule has 1 amide bonds. The molecule has 1 aromatic carbocycles. The zero-order chi connectivity index (χ0) is 13.7. The molecule has 19 heavy (non-hydrogen) atoms. The minimum Gasteiger partial charge on any atom is -0.352 e. The van der Waals surface area contributed by atoms with Crippen LogP contribution >= 0.6 is 15.9 Å². The van der Waals surface area contributed by atoms with Gasteiger partial charge in [-0.2, -0.15) is 0 Å². The fourth-order valence-electron chi connectivity index (χ4n) is 2.47. The van der Waals surface area contributed by atoms with Crippen LogP contribution in [0.3, 0.4) is 0 Å². The number of benzene rings is 1. The second kappa shape index (κ2) is 7.06. The van der Waals surface area contributed by atoms with E-state index in [4.69, 9.17) is 0 Å². The van der Waals surface area contributed by atoms with Crippen molar-refractivity contribution in [2.75, 3.05) is 6.54 Å². The molecule has 1 saturated heterocycles. The third kappa shape index (κ3) is 4.32. The van der Waals surface area contributed by atoms with E-state index >= 15 is 0 Å². The largest absolute Gasteiger partial charge is 0.352 e. The summed E-state index contributed by atoms with van der Waals surface area (Å²) in [6, 6.07) is 8.72. The lowest BCUT2D eigenvalue weighted by atomic mass is 9.99. The molecule has 0 aliphatic carbocycles. The van der Waals surface area contributed by atoms with Crippen molar-refractivity contribution < 1.29 is 4.79 Å². The highest BCUT2D eigenvalue weighted by Crippen LogP contribution is 2.17. The quantitative estimate of drug-likeness (QED) is 0.894. The second-order valence-corrected chi connectivity index (χ2v) is 6.00. The average molecular weight is 325 g/mol. The zero-order valence-electron chi connectivity index (χ0n) is 11.3. The van der Waals surface area contributed by atoms with Crippen molar-refractivity contribution in [2.45, 2.75) is 44.7 Å². The van der Waals surface area contributed by atoms with Gasteiger partial charge < -0.3 is 10.6 Å². The Morgan fingerprint density at radius 3 is 3.00 bits per heavy atom. The first kappa shape index (κ1) is 14.5. The van der Waals surface area contributed by atoms with Crippen LogP contribution in [-0.4, -0.2) is 24.5 Å². The van der Waals surface area contributed by atoms with Crippen LogP contribution in [0.1, 0.15) is 31.7 Å². The molecule has 1 aliphatic rings. The highest BCUT2D eigenvalue weighted by molar-refractivity contribution is 9.10. The lowest BCUT2D eigenvalue weighted by Gasteiger charge is -2.30. The van der Waals surface area contributed by atoms with Crippen LogP contribution in [-0.2, 0) is 11.2 Å². The van der Waals surface area contributed by atoms with E-state index in [2.05, 4.69) is 39.6 Å². The minimum absolute atomic E-state index is 0.149. The van der Waals surface area contributed by atoms with Crippen molar-refractivity contribution >= 4 is 21.8 Å². The van der Waals surface area contributed by atoms with Gasteiger partial charge in [-0.15, -0.1) is 0 Å². The topological polar surface area (TPSA) is 41.1 Å². The molecule has 0 spiro atoms. The maximum absolute atomic E-state index is 12.0. The van der Waals surface area contributed by atoms with Crippen molar-refractivity contribution in [1.82, 2.24) is 10.6 Å². The van der Waals surface area contributed by atoms with Crippen molar-refractivity contribution in [3.8, 4) is 0 Å². The molecule has 1 heterocycles. The maximum atomic E-state index is 12.0. The van der Waals surface area contributed by atoms with Gasteiger partial charge in [-0.25, -0.2) is 0 Å². The predicted molar refractivity (Wildman–Crippen MR) is 81.1 cm³/mol. The molecule has 104 valence electrons.